The SMILES string of the molecule is CC(C)CC(NC(=O)c1cc(Cl)cnc1-n1ccc(-c2ccccc2)n1)C1(C(N)=O)OC=CO1. The summed E-state index contributed by atoms with van der Waals surface area (Å²) < 4.78 is 12.4. The summed E-state index contributed by atoms with van der Waals surface area (Å²) in [6.45, 7) is 3.88. The number of pyridine rings is 1. The molecule has 0 radical (unpaired) electrons. The van der Waals surface area contributed by atoms with E-state index >= 15 is 0 Å². The predicted octanol–water partition coefficient (Wildman–Crippen LogP) is 3.43. The Morgan fingerprint density at radius 2 is 1.88 bits per heavy atom. The fraction of sp³-hybridized carbons (Fsp3) is 0.250. The Balaban J connectivity index is 1.68. The molecule has 0 saturated carbocycles. The van der Waals surface area contributed by atoms with Crippen molar-refractivity contribution in [3.63, 3.8) is 0 Å². The molecule has 1 aliphatic heterocycles. The van der Waals surface area contributed by atoms with Gasteiger partial charge in [-0.05, 0) is 24.5 Å². The molecule has 2 amide bonds. The lowest BCUT2D eigenvalue weighted by Gasteiger charge is -2.34. The number of halogens is 1. The second-order valence-corrected chi connectivity index (χ2v) is 8.67. The Labute approximate surface area is 201 Å². The standard InChI is InChI=1S/C24H24ClN5O4/c1-15(2)12-20(24(23(26)32)33-10-11-34-24)28-22(31)18-13-17(25)14-27-21(18)30-9-8-19(29-30)16-6-4-3-5-7-16/h3-11,13-15,20H,12H2,1-2H3,(H2,26,32)(H,28,31). The average molecular weight is 482 g/mol. The first-order valence-corrected chi connectivity index (χ1v) is 11.1. The molecule has 0 fully saturated rings. The Morgan fingerprint density at radius 1 is 1.18 bits per heavy atom. The molecule has 1 aromatic carbocycles. The van der Waals surface area contributed by atoms with Gasteiger partial charge in [-0.1, -0.05) is 55.8 Å². The van der Waals surface area contributed by atoms with Gasteiger partial charge in [-0.25, -0.2) is 9.67 Å². The molecule has 2 aromatic heterocycles. The summed E-state index contributed by atoms with van der Waals surface area (Å²) in [5.74, 6) is -2.88. The van der Waals surface area contributed by atoms with E-state index in [0.29, 0.717) is 12.1 Å². The lowest BCUT2D eigenvalue weighted by atomic mass is 9.95. The topological polar surface area (TPSA) is 121 Å². The number of aromatic nitrogens is 3. The molecule has 34 heavy (non-hydrogen) atoms. The second-order valence-electron chi connectivity index (χ2n) is 8.23. The molecule has 4 rings (SSSR count). The Morgan fingerprint density at radius 3 is 2.53 bits per heavy atom. The third-order valence-electron chi connectivity index (χ3n) is 5.31. The zero-order valence-electron chi connectivity index (χ0n) is 18.6. The Hall–Kier alpha value is -3.85. The van der Waals surface area contributed by atoms with Crippen molar-refractivity contribution >= 4 is 23.4 Å². The smallest absolute Gasteiger partial charge is 0.351 e. The summed E-state index contributed by atoms with van der Waals surface area (Å²) >= 11 is 6.17. The lowest BCUT2D eigenvalue weighted by Crippen LogP contribution is -2.61. The molecule has 9 nitrogen and oxygen atoms in total. The zero-order chi connectivity index (χ0) is 24.3. The third kappa shape index (κ3) is 4.60. The van der Waals surface area contributed by atoms with E-state index in [9.17, 15) is 9.59 Å². The van der Waals surface area contributed by atoms with E-state index < -0.39 is 23.6 Å². The highest BCUT2D eigenvalue weighted by molar-refractivity contribution is 6.30. The molecule has 1 atom stereocenters. The number of carbonyl (C=O) groups excluding carboxylic acids is 2. The minimum Gasteiger partial charge on any atom is -0.447 e. The first-order chi connectivity index (χ1) is 16.3. The van der Waals surface area contributed by atoms with E-state index in [0.717, 1.165) is 5.56 Å². The number of hydrogen-bond acceptors (Lipinski definition) is 6. The van der Waals surface area contributed by atoms with Crippen LogP contribution in [0.1, 0.15) is 30.6 Å². The van der Waals surface area contributed by atoms with Gasteiger partial charge < -0.3 is 20.5 Å². The van der Waals surface area contributed by atoms with Gasteiger partial charge in [0.1, 0.15) is 18.6 Å². The fourth-order valence-electron chi connectivity index (χ4n) is 3.74. The van der Waals surface area contributed by atoms with Crippen LogP contribution in [0.3, 0.4) is 0 Å². The lowest BCUT2D eigenvalue weighted by molar-refractivity contribution is -0.183. The zero-order valence-corrected chi connectivity index (χ0v) is 19.4. The molecule has 10 heteroatoms. The van der Waals surface area contributed by atoms with Crippen molar-refractivity contribution in [3.05, 3.63) is 78.0 Å². The van der Waals surface area contributed by atoms with Gasteiger partial charge in [0, 0.05) is 18.0 Å². The molecule has 0 saturated heterocycles. The number of nitrogens with one attached hydrogen (secondary N) is 1. The number of nitrogens with zero attached hydrogens (tertiary/aromatic N) is 3. The van der Waals surface area contributed by atoms with Crippen LogP contribution in [0.15, 0.2) is 67.4 Å². The Bertz CT molecular complexity index is 1220. The van der Waals surface area contributed by atoms with Crippen LogP contribution in [0.25, 0.3) is 17.1 Å². The van der Waals surface area contributed by atoms with Gasteiger partial charge in [0.2, 0.25) is 0 Å². The van der Waals surface area contributed by atoms with E-state index in [1.165, 1.54) is 29.5 Å². The van der Waals surface area contributed by atoms with E-state index in [-0.39, 0.29) is 22.3 Å². The molecule has 3 aromatic rings. The van der Waals surface area contributed by atoms with Crippen molar-refractivity contribution < 1.29 is 19.1 Å². The van der Waals surface area contributed by atoms with Crippen LogP contribution in [0.2, 0.25) is 5.02 Å². The first kappa shape index (κ1) is 23.3. The van der Waals surface area contributed by atoms with Crippen molar-refractivity contribution in [1.82, 2.24) is 20.1 Å². The van der Waals surface area contributed by atoms with Crippen molar-refractivity contribution in [1.29, 1.82) is 0 Å². The highest BCUT2D eigenvalue weighted by Crippen LogP contribution is 2.29. The largest absolute Gasteiger partial charge is 0.447 e. The number of ether oxygens (including phenoxy) is 2. The van der Waals surface area contributed by atoms with Crippen molar-refractivity contribution in [2.45, 2.75) is 32.1 Å². The highest BCUT2D eigenvalue weighted by Gasteiger charge is 2.51. The minimum atomic E-state index is -1.85. The first-order valence-electron chi connectivity index (χ1n) is 10.7. The van der Waals surface area contributed by atoms with Crippen molar-refractivity contribution in [2.75, 3.05) is 0 Å². The average Bonchev–Trinajstić information content (AvgIpc) is 3.50. The molecule has 0 bridgehead atoms. The molecule has 0 spiro atoms. The van der Waals surface area contributed by atoms with Crippen molar-refractivity contribution in [3.8, 4) is 17.1 Å². The molecular formula is C24H24ClN5O4. The summed E-state index contributed by atoms with van der Waals surface area (Å²) in [6, 6.07) is 12.1. The fourth-order valence-corrected chi connectivity index (χ4v) is 3.90. The minimum absolute atomic E-state index is 0.0887. The van der Waals surface area contributed by atoms with Crippen LogP contribution in [-0.2, 0) is 14.3 Å². The van der Waals surface area contributed by atoms with E-state index in [1.807, 2.05) is 50.2 Å². The number of carbonyl (C=O) groups is 2. The summed E-state index contributed by atoms with van der Waals surface area (Å²) in [4.78, 5) is 30.1. The van der Waals surface area contributed by atoms with Crippen LogP contribution >= 0.6 is 11.6 Å². The van der Waals surface area contributed by atoms with Gasteiger partial charge in [0.25, 0.3) is 5.91 Å². The van der Waals surface area contributed by atoms with E-state index in [1.54, 1.807) is 6.20 Å². The number of nitrogens with two attached hydrogens (primary N) is 1. The second kappa shape index (κ2) is 9.56. The maximum absolute atomic E-state index is 13.4. The highest BCUT2D eigenvalue weighted by atomic mass is 35.5. The van der Waals surface area contributed by atoms with Gasteiger partial charge in [-0.2, -0.15) is 5.10 Å². The monoisotopic (exact) mass is 481 g/mol. The van der Waals surface area contributed by atoms with Crippen molar-refractivity contribution in [2.24, 2.45) is 11.7 Å². The number of benzene rings is 1. The van der Waals surface area contributed by atoms with E-state index in [4.69, 9.17) is 26.8 Å². The Kier molecular flexibility index (Phi) is 6.56. The maximum Gasteiger partial charge on any atom is 0.351 e. The number of primary amides is 1. The summed E-state index contributed by atoms with van der Waals surface area (Å²) in [5, 5.41) is 7.67. The third-order valence-corrected chi connectivity index (χ3v) is 5.52. The summed E-state index contributed by atoms with van der Waals surface area (Å²) in [6.07, 6.45) is 5.96. The molecule has 176 valence electrons. The van der Waals surface area contributed by atoms with Gasteiger partial charge >= 0.3 is 11.7 Å². The van der Waals surface area contributed by atoms with Crippen LogP contribution in [-0.4, -0.2) is 38.4 Å². The molecule has 1 aliphatic rings. The van der Waals surface area contributed by atoms with Crippen LogP contribution in [0.5, 0.6) is 0 Å². The van der Waals surface area contributed by atoms with Gasteiger partial charge in [0.15, 0.2) is 5.82 Å². The van der Waals surface area contributed by atoms with Gasteiger partial charge in [-0.3, -0.25) is 9.59 Å². The van der Waals surface area contributed by atoms with Crippen LogP contribution < -0.4 is 11.1 Å². The molecule has 3 N–H and O–H groups in total. The predicted molar refractivity (Wildman–Crippen MR) is 126 cm³/mol. The normalized spacial score (nSPS) is 14.9. The molecule has 0 aliphatic carbocycles. The van der Waals surface area contributed by atoms with Crippen LogP contribution in [0, 0.1) is 5.92 Å². The summed E-state index contributed by atoms with van der Waals surface area (Å²) in [7, 11) is 0. The summed E-state index contributed by atoms with van der Waals surface area (Å²) in [5.41, 5.74) is 7.40. The number of hydrogen-bond donors (Lipinski definition) is 2. The number of amides is 2. The van der Waals surface area contributed by atoms with E-state index in [2.05, 4.69) is 15.4 Å². The van der Waals surface area contributed by atoms with Gasteiger partial charge in [-0.15, -0.1) is 0 Å². The molecular weight excluding hydrogens is 458 g/mol. The van der Waals surface area contributed by atoms with Gasteiger partial charge in [0.05, 0.1) is 16.3 Å². The molecule has 3 heterocycles. The maximum atomic E-state index is 13.4. The number of rotatable bonds is 8. The van der Waals surface area contributed by atoms with Crippen LogP contribution in [0.4, 0.5) is 0 Å². The molecule has 1 unspecified atom stereocenters. The quantitative estimate of drug-likeness (QED) is 0.508.